The van der Waals surface area contributed by atoms with Crippen LogP contribution in [0.25, 0.3) is 16.7 Å². The van der Waals surface area contributed by atoms with Crippen molar-refractivity contribution >= 4 is 28.5 Å². The number of halogens is 1. The maximum atomic E-state index is 12.4. The fraction of sp³-hybridized carbons (Fsp3) is 0.296. The molecule has 0 aliphatic rings. The summed E-state index contributed by atoms with van der Waals surface area (Å²) in [5, 5.41) is 9.18. The molecule has 0 unspecified atom stereocenters. The van der Waals surface area contributed by atoms with Gasteiger partial charge in [-0.15, -0.1) is 0 Å². The number of rotatable bonds is 8. The van der Waals surface area contributed by atoms with E-state index in [-0.39, 0.29) is 18.6 Å². The maximum Gasteiger partial charge on any atom is 0.258 e. The van der Waals surface area contributed by atoms with Crippen LogP contribution in [-0.4, -0.2) is 33.4 Å². The van der Waals surface area contributed by atoms with E-state index in [1.54, 1.807) is 4.68 Å². The minimum Gasteiger partial charge on any atom is -0.491 e. The fourth-order valence-electron chi connectivity index (χ4n) is 3.89. The Kier molecular flexibility index (Phi) is 7.26. The first-order valence-electron chi connectivity index (χ1n) is 11.5. The monoisotopic (exact) mass is 492 g/mol. The molecule has 0 radical (unpaired) electrons. The fourth-order valence-corrected chi connectivity index (χ4v) is 4.06. The van der Waals surface area contributed by atoms with Gasteiger partial charge in [-0.3, -0.25) is 4.79 Å². The third-order valence-corrected chi connectivity index (χ3v) is 6.00. The van der Waals surface area contributed by atoms with Gasteiger partial charge in [0.15, 0.2) is 12.3 Å². The van der Waals surface area contributed by atoms with Gasteiger partial charge < -0.3 is 14.8 Å². The van der Waals surface area contributed by atoms with Crippen molar-refractivity contribution in [1.29, 1.82) is 0 Å². The molecule has 0 bridgehead atoms. The van der Waals surface area contributed by atoms with Gasteiger partial charge in [0.2, 0.25) is 5.88 Å². The summed E-state index contributed by atoms with van der Waals surface area (Å²) in [7, 11) is 0. The topological polar surface area (TPSA) is 78.3 Å². The van der Waals surface area contributed by atoms with E-state index in [1.807, 2.05) is 83.1 Å². The summed E-state index contributed by atoms with van der Waals surface area (Å²) >= 11 is 6.33. The van der Waals surface area contributed by atoms with Crippen molar-refractivity contribution in [2.24, 2.45) is 0 Å². The first kappa shape index (κ1) is 24.5. The molecule has 0 fully saturated rings. The number of aryl methyl sites for hydroxylation is 2. The number of benzene rings is 2. The van der Waals surface area contributed by atoms with Gasteiger partial charge in [-0.05, 0) is 75.6 Å². The quantitative estimate of drug-likeness (QED) is 0.352. The number of nitrogens with zero attached hydrogens (tertiary/aromatic N) is 3. The van der Waals surface area contributed by atoms with Crippen molar-refractivity contribution in [3.8, 4) is 17.3 Å². The van der Waals surface area contributed by atoms with E-state index < -0.39 is 0 Å². The Morgan fingerprint density at radius 3 is 2.57 bits per heavy atom. The number of hydrogen-bond acceptors (Lipinski definition) is 5. The molecular formula is C27H29ClN4O3. The van der Waals surface area contributed by atoms with E-state index in [1.165, 1.54) is 0 Å². The highest BCUT2D eigenvalue weighted by Gasteiger charge is 2.17. The molecule has 2 heterocycles. The normalized spacial score (nSPS) is 11.2. The number of fused-ring (bicyclic) bond motifs is 1. The number of carbonyl (C=O) groups is 1. The van der Waals surface area contributed by atoms with Crippen molar-refractivity contribution in [2.75, 3.05) is 6.61 Å². The van der Waals surface area contributed by atoms with Crippen LogP contribution in [-0.2, 0) is 11.3 Å². The minimum atomic E-state index is -0.234. The van der Waals surface area contributed by atoms with Crippen LogP contribution in [0.3, 0.4) is 0 Å². The van der Waals surface area contributed by atoms with Crippen LogP contribution >= 0.6 is 11.6 Å². The zero-order valence-corrected chi connectivity index (χ0v) is 21.3. The Hall–Kier alpha value is -3.58. The van der Waals surface area contributed by atoms with Crippen molar-refractivity contribution in [2.45, 2.75) is 47.3 Å². The first-order valence-corrected chi connectivity index (χ1v) is 11.9. The summed E-state index contributed by atoms with van der Waals surface area (Å²) in [6.07, 6.45) is 0.117. The molecule has 35 heavy (non-hydrogen) atoms. The van der Waals surface area contributed by atoms with Crippen LogP contribution in [0.15, 0.2) is 48.5 Å². The van der Waals surface area contributed by atoms with E-state index in [0.717, 1.165) is 39.2 Å². The minimum absolute atomic E-state index is 0.117. The molecule has 0 saturated heterocycles. The molecule has 1 N–H and O–H groups in total. The van der Waals surface area contributed by atoms with Crippen molar-refractivity contribution < 1.29 is 14.3 Å². The molecule has 182 valence electrons. The Morgan fingerprint density at radius 1 is 1.11 bits per heavy atom. The number of pyridine rings is 1. The number of hydrogen-bond donors (Lipinski definition) is 1. The highest BCUT2D eigenvalue weighted by molar-refractivity contribution is 6.31. The second-order valence-corrected chi connectivity index (χ2v) is 9.14. The van der Waals surface area contributed by atoms with Crippen LogP contribution in [0.4, 0.5) is 0 Å². The first-order chi connectivity index (χ1) is 16.7. The Morgan fingerprint density at radius 2 is 1.86 bits per heavy atom. The third kappa shape index (κ3) is 5.57. The zero-order valence-electron chi connectivity index (χ0n) is 20.6. The lowest BCUT2D eigenvalue weighted by Gasteiger charge is -2.11. The molecule has 0 atom stereocenters. The molecule has 4 rings (SSSR count). The average Bonchev–Trinajstić information content (AvgIpc) is 3.15. The van der Waals surface area contributed by atoms with E-state index in [4.69, 9.17) is 26.2 Å². The Bertz CT molecular complexity index is 1360. The largest absolute Gasteiger partial charge is 0.491 e. The summed E-state index contributed by atoms with van der Waals surface area (Å²) in [5.41, 5.74) is 5.22. The lowest BCUT2D eigenvalue weighted by atomic mass is 10.1. The molecule has 0 aliphatic heterocycles. The van der Waals surface area contributed by atoms with Gasteiger partial charge in [0.1, 0.15) is 5.75 Å². The standard InChI is InChI=1S/C27H29ClN4O3/c1-16(2)35-21-11-9-20(10-12-21)14-29-24(33)15-34-25-13-17(3)26-19(5)31-32(27(26)30-25)23-8-6-7-22(28)18(23)4/h6-13,16H,14-15H2,1-5H3,(H,29,33). The molecule has 0 saturated carbocycles. The molecule has 8 heteroatoms. The van der Waals surface area contributed by atoms with Crippen LogP contribution < -0.4 is 14.8 Å². The predicted molar refractivity (Wildman–Crippen MR) is 138 cm³/mol. The van der Waals surface area contributed by atoms with Crippen LogP contribution in [0.5, 0.6) is 11.6 Å². The summed E-state index contributed by atoms with van der Waals surface area (Å²) in [6, 6.07) is 15.2. The SMILES string of the molecule is Cc1c(Cl)cccc1-n1nc(C)c2c(C)cc(OCC(=O)NCc3ccc(OC(C)C)cc3)nc21. The smallest absolute Gasteiger partial charge is 0.258 e. The second kappa shape index (κ2) is 10.4. The Labute approximate surface area is 210 Å². The number of amides is 1. The maximum absolute atomic E-state index is 12.4. The summed E-state index contributed by atoms with van der Waals surface area (Å²) in [4.78, 5) is 17.1. The molecule has 2 aromatic heterocycles. The molecule has 0 aliphatic carbocycles. The van der Waals surface area contributed by atoms with Crippen LogP contribution in [0.1, 0.15) is 36.2 Å². The summed E-state index contributed by atoms with van der Waals surface area (Å²) in [5.74, 6) is 0.932. The lowest BCUT2D eigenvalue weighted by Crippen LogP contribution is -2.28. The number of aromatic nitrogens is 3. The average molecular weight is 493 g/mol. The van der Waals surface area contributed by atoms with Crippen molar-refractivity contribution in [3.63, 3.8) is 0 Å². The molecule has 0 spiro atoms. The molecule has 2 aromatic carbocycles. The van der Waals surface area contributed by atoms with Gasteiger partial charge in [-0.1, -0.05) is 29.8 Å². The van der Waals surface area contributed by atoms with Crippen molar-refractivity contribution in [3.05, 3.63) is 75.9 Å². The van der Waals surface area contributed by atoms with E-state index >= 15 is 0 Å². The van der Waals surface area contributed by atoms with E-state index in [2.05, 4.69) is 10.3 Å². The van der Waals surface area contributed by atoms with Crippen LogP contribution in [0.2, 0.25) is 5.02 Å². The number of nitrogens with one attached hydrogen (secondary N) is 1. The number of ether oxygens (including phenoxy) is 2. The van der Waals surface area contributed by atoms with Gasteiger partial charge in [0.25, 0.3) is 5.91 Å². The summed E-state index contributed by atoms with van der Waals surface area (Å²) in [6.45, 7) is 10.1. The van der Waals surface area contributed by atoms with Gasteiger partial charge in [-0.25, -0.2) is 4.68 Å². The second-order valence-electron chi connectivity index (χ2n) is 8.73. The molecule has 1 amide bonds. The summed E-state index contributed by atoms with van der Waals surface area (Å²) < 4.78 is 13.2. The lowest BCUT2D eigenvalue weighted by molar-refractivity contribution is -0.123. The molecular weight excluding hydrogens is 464 g/mol. The van der Waals surface area contributed by atoms with Crippen molar-refractivity contribution in [1.82, 2.24) is 20.1 Å². The zero-order chi connectivity index (χ0) is 25.1. The van der Waals surface area contributed by atoms with Crippen LogP contribution in [0, 0.1) is 20.8 Å². The van der Waals surface area contributed by atoms with Gasteiger partial charge in [0, 0.05) is 23.0 Å². The van der Waals surface area contributed by atoms with Gasteiger partial charge in [-0.2, -0.15) is 10.1 Å². The van der Waals surface area contributed by atoms with E-state index in [9.17, 15) is 4.79 Å². The van der Waals surface area contributed by atoms with Gasteiger partial charge in [0.05, 0.1) is 17.5 Å². The number of carbonyl (C=O) groups excluding carboxylic acids is 1. The van der Waals surface area contributed by atoms with E-state index in [0.29, 0.717) is 23.1 Å². The molecule has 4 aromatic rings. The predicted octanol–water partition coefficient (Wildman–Crippen LogP) is 5.48. The highest BCUT2D eigenvalue weighted by Crippen LogP contribution is 2.29. The third-order valence-electron chi connectivity index (χ3n) is 5.59. The molecule has 7 nitrogen and oxygen atoms in total. The highest BCUT2D eigenvalue weighted by atomic mass is 35.5. The van der Waals surface area contributed by atoms with Gasteiger partial charge >= 0.3 is 0 Å². The Balaban J connectivity index is 1.46.